The Morgan fingerprint density at radius 3 is 2.57 bits per heavy atom. The molecule has 1 unspecified atom stereocenters. The van der Waals surface area contributed by atoms with Crippen LogP contribution in [0.2, 0.25) is 0 Å². The summed E-state index contributed by atoms with van der Waals surface area (Å²) in [4.78, 5) is 11.3. The van der Waals surface area contributed by atoms with E-state index >= 15 is 0 Å². The van der Waals surface area contributed by atoms with Gasteiger partial charge in [-0.1, -0.05) is 36.9 Å². The maximum atomic E-state index is 9.62. The normalized spacial score (nSPS) is 33.6. The summed E-state index contributed by atoms with van der Waals surface area (Å²) >= 11 is 0. The summed E-state index contributed by atoms with van der Waals surface area (Å²) in [5, 5.41) is 9.62. The minimum Gasteiger partial charge on any atom is -0.393 e. The number of aliphatic hydroxyl groups excluding tert-OH is 1. The molecule has 1 aliphatic carbocycles. The van der Waals surface area contributed by atoms with Crippen LogP contribution in [0, 0.1) is 0 Å². The van der Waals surface area contributed by atoms with Crippen molar-refractivity contribution in [2.45, 2.75) is 50.1 Å². The van der Waals surface area contributed by atoms with Gasteiger partial charge >= 0.3 is 0 Å². The Morgan fingerprint density at radius 1 is 1.14 bits per heavy atom. The number of ether oxygens (including phenoxy) is 1. The van der Waals surface area contributed by atoms with Crippen molar-refractivity contribution >= 4 is 5.57 Å². The number of benzene rings is 1. The molecule has 1 spiro atoms. The van der Waals surface area contributed by atoms with E-state index in [-0.39, 0.29) is 12.2 Å². The summed E-state index contributed by atoms with van der Waals surface area (Å²) in [7, 11) is 0. The SMILES string of the molecule is C=C(c1ccccc1)C1CCOC2(CCC(O)CC2)OO1. The predicted octanol–water partition coefficient (Wildman–Crippen LogP) is 3.07. The Balaban J connectivity index is 1.65. The smallest absolute Gasteiger partial charge is 0.201 e. The van der Waals surface area contributed by atoms with Gasteiger partial charge in [0.1, 0.15) is 6.10 Å². The third-order valence-electron chi connectivity index (χ3n) is 4.31. The molecule has 0 radical (unpaired) electrons. The Kier molecular flexibility index (Phi) is 4.40. The van der Waals surface area contributed by atoms with Gasteiger partial charge in [0.05, 0.1) is 12.7 Å². The minimum atomic E-state index is -0.690. The highest BCUT2D eigenvalue weighted by Gasteiger charge is 2.41. The van der Waals surface area contributed by atoms with E-state index < -0.39 is 5.79 Å². The van der Waals surface area contributed by atoms with E-state index in [1.807, 2.05) is 30.3 Å². The molecule has 1 heterocycles. The van der Waals surface area contributed by atoms with Gasteiger partial charge in [-0.05, 0) is 24.0 Å². The quantitative estimate of drug-likeness (QED) is 0.850. The first-order valence-corrected chi connectivity index (χ1v) is 7.59. The number of hydrogen-bond donors (Lipinski definition) is 1. The third-order valence-corrected chi connectivity index (χ3v) is 4.31. The molecule has 114 valence electrons. The summed E-state index contributed by atoms with van der Waals surface area (Å²) in [5.41, 5.74) is 1.97. The number of rotatable bonds is 2. The van der Waals surface area contributed by atoms with E-state index in [4.69, 9.17) is 14.5 Å². The van der Waals surface area contributed by atoms with Crippen LogP contribution < -0.4 is 0 Å². The molecule has 1 aliphatic heterocycles. The molecule has 1 atom stereocenters. The van der Waals surface area contributed by atoms with E-state index in [0.717, 1.165) is 17.6 Å². The van der Waals surface area contributed by atoms with E-state index in [0.29, 0.717) is 32.3 Å². The highest BCUT2D eigenvalue weighted by atomic mass is 17.2. The van der Waals surface area contributed by atoms with Crippen molar-refractivity contribution < 1.29 is 19.6 Å². The van der Waals surface area contributed by atoms with Crippen LogP contribution in [0.25, 0.3) is 5.57 Å². The predicted molar refractivity (Wildman–Crippen MR) is 79.2 cm³/mol. The zero-order chi connectivity index (χ0) is 14.7. The lowest BCUT2D eigenvalue weighted by atomic mass is 9.92. The molecule has 2 fully saturated rings. The second-order valence-electron chi connectivity index (χ2n) is 5.84. The third kappa shape index (κ3) is 3.35. The Hall–Kier alpha value is -1.20. The molecule has 1 saturated heterocycles. The van der Waals surface area contributed by atoms with Crippen LogP contribution in [0.1, 0.15) is 37.7 Å². The average molecular weight is 290 g/mol. The summed E-state index contributed by atoms with van der Waals surface area (Å²) in [6.45, 7) is 4.71. The van der Waals surface area contributed by atoms with Gasteiger partial charge in [-0.15, -0.1) is 0 Å². The van der Waals surface area contributed by atoms with Gasteiger partial charge in [0.15, 0.2) is 0 Å². The van der Waals surface area contributed by atoms with Gasteiger partial charge in [-0.2, -0.15) is 0 Å². The summed E-state index contributed by atoms with van der Waals surface area (Å²) < 4.78 is 5.90. The van der Waals surface area contributed by atoms with Gasteiger partial charge in [0.25, 0.3) is 0 Å². The van der Waals surface area contributed by atoms with Crippen molar-refractivity contribution in [3.63, 3.8) is 0 Å². The van der Waals surface area contributed by atoms with Crippen molar-refractivity contribution in [3.05, 3.63) is 42.5 Å². The average Bonchev–Trinajstić information content (AvgIpc) is 2.74. The van der Waals surface area contributed by atoms with Crippen molar-refractivity contribution in [1.82, 2.24) is 0 Å². The van der Waals surface area contributed by atoms with Crippen LogP contribution in [-0.2, 0) is 14.5 Å². The first-order chi connectivity index (χ1) is 10.2. The summed E-state index contributed by atoms with van der Waals surface area (Å²) in [6.07, 6.45) is 2.98. The van der Waals surface area contributed by atoms with Crippen LogP contribution in [0.15, 0.2) is 36.9 Å². The molecular weight excluding hydrogens is 268 g/mol. The van der Waals surface area contributed by atoms with Gasteiger partial charge in [-0.3, -0.25) is 0 Å². The van der Waals surface area contributed by atoms with E-state index in [2.05, 4.69) is 6.58 Å². The zero-order valence-electron chi connectivity index (χ0n) is 12.2. The van der Waals surface area contributed by atoms with Gasteiger partial charge in [-0.25, -0.2) is 9.78 Å². The lowest BCUT2D eigenvalue weighted by Gasteiger charge is -2.35. The highest BCUT2D eigenvalue weighted by molar-refractivity contribution is 5.66. The molecule has 0 bridgehead atoms. The first kappa shape index (κ1) is 14.7. The highest BCUT2D eigenvalue weighted by Crippen LogP contribution is 2.37. The molecule has 1 N–H and O–H groups in total. The van der Waals surface area contributed by atoms with E-state index in [1.54, 1.807) is 0 Å². The van der Waals surface area contributed by atoms with Gasteiger partial charge < -0.3 is 9.84 Å². The summed E-state index contributed by atoms with van der Waals surface area (Å²) in [5.74, 6) is -0.690. The van der Waals surface area contributed by atoms with Gasteiger partial charge in [0, 0.05) is 19.3 Å². The second-order valence-corrected chi connectivity index (χ2v) is 5.84. The Labute approximate surface area is 125 Å². The molecule has 3 rings (SSSR count). The molecule has 4 heteroatoms. The largest absolute Gasteiger partial charge is 0.393 e. The van der Waals surface area contributed by atoms with Crippen molar-refractivity contribution in [2.24, 2.45) is 0 Å². The Bertz CT molecular complexity index is 477. The molecule has 1 aromatic carbocycles. The standard InChI is InChI=1S/C17H22O4/c1-13(14-5-3-2-4-6-14)16-9-12-19-17(21-20-16)10-7-15(18)8-11-17/h2-6,15-16,18H,1,7-12H2. The zero-order valence-corrected chi connectivity index (χ0v) is 12.2. The first-order valence-electron chi connectivity index (χ1n) is 7.59. The molecular formula is C17H22O4. The van der Waals surface area contributed by atoms with Crippen LogP contribution in [0.4, 0.5) is 0 Å². The number of hydrogen-bond acceptors (Lipinski definition) is 4. The van der Waals surface area contributed by atoms with Crippen LogP contribution in [0.3, 0.4) is 0 Å². The van der Waals surface area contributed by atoms with E-state index in [9.17, 15) is 5.11 Å². The second kappa shape index (κ2) is 6.28. The lowest BCUT2D eigenvalue weighted by Crippen LogP contribution is -2.40. The Morgan fingerprint density at radius 2 is 1.86 bits per heavy atom. The maximum Gasteiger partial charge on any atom is 0.201 e. The monoisotopic (exact) mass is 290 g/mol. The fourth-order valence-electron chi connectivity index (χ4n) is 2.91. The van der Waals surface area contributed by atoms with Crippen LogP contribution in [0.5, 0.6) is 0 Å². The van der Waals surface area contributed by atoms with Crippen molar-refractivity contribution in [1.29, 1.82) is 0 Å². The molecule has 2 aliphatic rings. The van der Waals surface area contributed by atoms with E-state index in [1.165, 1.54) is 0 Å². The van der Waals surface area contributed by atoms with Gasteiger partial charge in [0.2, 0.25) is 5.79 Å². The molecule has 1 aromatic rings. The number of aliphatic hydroxyl groups is 1. The fraction of sp³-hybridized carbons (Fsp3) is 0.529. The minimum absolute atomic E-state index is 0.196. The van der Waals surface area contributed by atoms with Crippen molar-refractivity contribution in [2.75, 3.05) is 6.61 Å². The molecule has 21 heavy (non-hydrogen) atoms. The van der Waals surface area contributed by atoms with Crippen LogP contribution in [-0.4, -0.2) is 29.7 Å². The van der Waals surface area contributed by atoms with Crippen LogP contribution >= 0.6 is 0 Å². The fourth-order valence-corrected chi connectivity index (χ4v) is 2.91. The van der Waals surface area contributed by atoms with Crippen molar-refractivity contribution in [3.8, 4) is 0 Å². The summed E-state index contributed by atoms with van der Waals surface area (Å²) in [6, 6.07) is 9.98. The molecule has 0 amide bonds. The molecule has 4 nitrogen and oxygen atoms in total. The lowest BCUT2D eigenvalue weighted by molar-refractivity contribution is -0.431. The molecule has 0 aromatic heterocycles. The molecule has 1 saturated carbocycles. The maximum absolute atomic E-state index is 9.62. The topological polar surface area (TPSA) is 47.9 Å².